The third kappa shape index (κ3) is 2.53. The van der Waals surface area contributed by atoms with Crippen molar-refractivity contribution in [1.29, 1.82) is 5.26 Å². The van der Waals surface area contributed by atoms with Crippen LogP contribution in [0.15, 0.2) is 18.3 Å². The number of pyridine rings is 1. The SMILES string of the molecule is N#CCCN(c1ncccc1C(=O)O)C1CC1. The lowest BCUT2D eigenvalue weighted by Gasteiger charge is -2.23. The van der Waals surface area contributed by atoms with Crippen LogP contribution >= 0.6 is 0 Å². The summed E-state index contributed by atoms with van der Waals surface area (Å²) in [6.07, 6.45) is 4.05. The highest BCUT2D eigenvalue weighted by molar-refractivity contribution is 5.93. The molecule has 2 rings (SSSR count). The Labute approximate surface area is 99.3 Å². The summed E-state index contributed by atoms with van der Waals surface area (Å²) in [6.45, 7) is 0.540. The topological polar surface area (TPSA) is 77.2 Å². The molecule has 1 saturated carbocycles. The average molecular weight is 231 g/mol. The zero-order valence-corrected chi connectivity index (χ0v) is 9.33. The van der Waals surface area contributed by atoms with E-state index in [1.807, 2.05) is 4.90 Å². The highest BCUT2D eigenvalue weighted by Gasteiger charge is 2.31. The predicted octanol–water partition coefficient (Wildman–Crippen LogP) is 1.66. The van der Waals surface area contributed by atoms with E-state index in [-0.39, 0.29) is 5.56 Å². The molecular formula is C12H13N3O2. The number of carboxylic acid groups (broad SMARTS) is 1. The number of nitrogens with zero attached hydrogens (tertiary/aromatic N) is 3. The number of aromatic carboxylic acids is 1. The van der Waals surface area contributed by atoms with Crippen LogP contribution in [0.2, 0.25) is 0 Å². The zero-order valence-electron chi connectivity index (χ0n) is 9.33. The lowest BCUT2D eigenvalue weighted by Crippen LogP contribution is -2.29. The Morgan fingerprint density at radius 2 is 2.41 bits per heavy atom. The zero-order chi connectivity index (χ0) is 12.3. The van der Waals surface area contributed by atoms with Crippen LogP contribution in [-0.4, -0.2) is 28.6 Å². The summed E-state index contributed by atoms with van der Waals surface area (Å²) in [6, 6.07) is 5.59. The number of rotatable bonds is 5. The molecule has 0 atom stereocenters. The van der Waals surface area contributed by atoms with E-state index in [0.717, 1.165) is 12.8 Å². The molecule has 5 heteroatoms. The standard InChI is InChI=1S/C12H13N3O2/c13-6-2-8-15(9-4-5-9)11-10(12(16)17)3-1-7-14-11/h1,3,7,9H,2,4-5,8H2,(H,16,17). The molecule has 0 aromatic carbocycles. The molecular weight excluding hydrogens is 218 g/mol. The van der Waals surface area contributed by atoms with Crippen LogP contribution in [-0.2, 0) is 0 Å². The molecule has 0 amide bonds. The van der Waals surface area contributed by atoms with Gasteiger partial charge in [-0.15, -0.1) is 0 Å². The summed E-state index contributed by atoms with van der Waals surface area (Å²) < 4.78 is 0. The Bertz CT molecular complexity index is 463. The molecule has 1 aliphatic carbocycles. The van der Waals surface area contributed by atoms with Gasteiger partial charge in [0.1, 0.15) is 11.4 Å². The third-order valence-corrected chi connectivity index (χ3v) is 2.74. The van der Waals surface area contributed by atoms with Gasteiger partial charge in [0.15, 0.2) is 0 Å². The van der Waals surface area contributed by atoms with Gasteiger partial charge in [-0.25, -0.2) is 9.78 Å². The van der Waals surface area contributed by atoms with Gasteiger partial charge in [-0.3, -0.25) is 0 Å². The maximum atomic E-state index is 11.1. The number of hydrogen-bond acceptors (Lipinski definition) is 4. The number of carboxylic acids is 1. The molecule has 88 valence electrons. The second kappa shape index (κ2) is 4.83. The smallest absolute Gasteiger partial charge is 0.339 e. The molecule has 0 spiro atoms. The van der Waals surface area contributed by atoms with E-state index in [0.29, 0.717) is 24.8 Å². The van der Waals surface area contributed by atoms with Crippen molar-refractivity contribution in [2.24, 2.45) is 0 Å². The summed E-state index contributed by atoms with van der Waals surface area (Å²) in [5, 5.41) is 17.7. The Kier molecular flexibility index (Phi) is 3.24. The molecule has 1 N–H and O–H groups in total. The van der Waals surface area contributed by atoms with E-state index in [9.17, 15) is 4.79 Å². The Balaban J connectivity index is 2.29. The first-order valence-electron chi connectivity index (χ1n) is 5.56. The number of carbonyl (C=O) groups is 1. The van der Waals surface area contributed by atoms with Gasteiger partial charge >= 0.3 is 5.97 Å². The van der Waals surface area contributed by atoms with Crippen molar-refractivity contribution < 1.29 is 9.90 Å². The molecule has 0 unspecified atom stereocenters. The van der Waals surface area contributed by atoms with E-state index < -0.39 is 5.97 Å². The number of anilines is 1. The van der Waals surface area contributed by atoms with Gasteiger partial charge in [-0.2, -0.15) is 5.26 Å². The van der Waals surface area contributed by atoms with Gasteiger partial charge < -0.3 is 10.0 Å². The van der Waals surface area contributed by atoms with Crippen molar-refractivity contribution in [1.82, 2.24) is 4.98 Å². The fourth-order valence-corrected chi connectivity index (χ4v) is 1.81. The number of hydrogen-bond donors (Lipinski definition) is 1. The van der Waals surface area contributed by atoms with Gasteiger partial charge in [0.05, 0.1) is 12.5 Å². The van der Waals surface area contributed by atoms with Gasteiger partial charge in [0.2, 0.25) is 0 Å². The molecule has 1 heterocycles. The summed E-state index contributed by atoms with van der Waals surface area (Å²) in [4.78, 5) is 17.2. The number of aromatic nitrogens is 1. The third-order valence-electron chi connectivity index (χ3n) is 2.74. The second-order valence-electron chi connectivity index (χ2n) is 4.01. The molecule has 5 nitrogen and oxygen atoms in total. The molecule has 17 heavy (non-hydrogen) atoms. The highest BCUT2D eigenvalue weighted by Crippen LogP contribution is 2.32. The molecule has 1 aromatic heterocycles. The minimum absolute atomic E-state index is 0.206. The van der Waals surface area contributed by atoms with Gasteiger partial charge in [0.25, 0.3) is 0 Å². The van der Waals surface area contributed by atoms with Crippen molar-refractivity contribution in [2.45, 2.75) is 25.3 Å². The number of nitriles is 1. The van der Waals surface area contributed by atoms with Crippen molar-refractivity contribution in [3.05, 3.63) is 23.9 Å². The normalized spacial score (nSPS) is 14.1. The summed E-state index contributed by atoms with van der Waals surface area (Å²) in [5.41, 5.74) is 0.206. The van der Waals surface area contributed by atoms with Crippen LogP contribution < -0.4 is 4.90 Å². The Morgan fingerprint density at radius 1 is 1.65 bits per heavy atom. The van der Waals surface area contributed by atoms with E-state index in [2.05, 4.69) is 11.1 Å². The quantitative estimate of drug-likeness (QED) is 0.833. The first kappa shape index (κ1) is 11.4. The fraction of sp³-hybridized carbons (Fsp3) is 0.417. The Morgan fingerprint density at radius 3 is 3.00 bits per heavy atom. The van der Waals surface area contributed by atoms with Crippen molar-refractivity contribution in [3.63, 3.8) is 0 Å². The lowest BCUT2D eigenvalue weighted by molar-refractivity contribution is 0.0697. The molecule has 0 radical (unpaired) electrons. The molecule has 0 aliphatic heterocycles. The summed E-state index contributed by atoms with van der Waals surface area (Å²) in [7, 11) is 0. The first-order valence-corrected chi connectivity index (χ1v) is 5.56. The van der Waals surface area contributed by atoms with E-state index in [4.69, 9.17) is 10.4 Å². The van der Waals surface area contributed by atoms with Crippen molar-refractivity contribution in [3.8, 4) is 6.07 Å². The van der Waals surface area contributed by atoms with Crippen LogP contribution in [0.4, 0.5) is 5.82 Å². The molecule has 0 bridgehead atoms. The molecule has 1 aliphatic rings. The monoisotopic (exact) mass is 231 g/mol. The summed E-state index contributed by atoms with van der Waals surface area (Å²) >= 11 is 0. The van der Waals surface area contributed by atoms with Crippen LogP contribution in [0.3, 0.4) is 0 Å². The van der Waals surface area contributed by atoms with Crippen LogP contribution in [0.25, 0.3) is 0 Å². The van der Waals surface area contributed by atoms with Crippen LogP contribution in [0.5, 0.6) is 0 Å². The highest BCUT2D eigenvalue weighted by atomic mass is 16.4. The van der Waals surface area contributed by atoms with E-state index >= 15 is 0 Å². The van der Waals surface area contributed by atoms with E-state index in [1.165, 1.54) is 0 Å². The predicted molar refractivity (Wildman–Crippen MR) is 61.8 cm³/mol. The second-order valence-corrected chi connectivity index (χ2v) is 4.01. The van der Waals surface area contributed by atoms with Crippen LogP contribution in [0, 0.1) is 11.3 Å². The maximum Gasteiger partial charge on any atom is 0.339 e. The summed E-state index contributed by atoms with van der Waals surface area (Å²) in [5.74, 6) is -0.492. The minimum atomic E-state index is -0.976. The maximum absolute atomic E-state index is 11.1. The molecule has 0 saturated heterocycles. The largest absolute Gasteiger partial charge is 0.478 e. The van der Waals surface area contributed by atoms with E-state index in [1.54, 1.807) is 18.3 Å². The average Bonchev–Trinajstić information content (AvgIpc) is 3.14. The van der Waals surface area contributed by atoms with Crippen molar-refractivity contribution in [2.75, 3.05) is 11.4 Å². The minimum Gasteiger partial charge on any atom is -0.478 e. The first-order chi connectivity index (χ1) is 8.24. The van der Waals surface area contributed by atoms with Crippen molar-refractivity contribution >= 4 is 11.8 Å². The fourth-order valence-electron chi connectivity index (χ4n) is 1.81. The van der Waals surface area contributed by atoms with Gasteiger partial charge in [-0.1, -0.05) is 0 Å². The lowest BCUT2D eigenvalue weighted by atomic mass is 10.2. The van der Waals surface area contributed by atoms with Gasteiger partial charge in [-0.05, 0) is 25.0 Å². The molecule has 1 aromatic rings. The van der Waals surface area contributed by atoms with Crippen LogP contribution in [0.1, 0.15) is 29.6 Å². The van der Waals surface area contributed by atoms with Gasteiger partial charge in [0, 0.05) is 18.8 Å². The Hall–Kier alpha value is -2.09. The molecule has 1 fully saturated rings.